The minimum Gasteiger partial charge on any atom is -0.480 e. The molecule has 1 unspecified atom stereocenters. The minimum atomic E-state index is -0.604. The fourth-order valence-corrected chi connectivity index (χ4v) is 4.19. The number of hydrogen-bond acceptors (Lipinski definition) is 5. The smallest absolute Gasteiger partial charge is 0.260 e. The van der Waals surface area contributed by atoms with Gasteiger partial charge in [-0.1, -0.05) is 30.3 Å². The normalized spacial score (nSPS) is 15.9. The number of rotatable bonds is 7. The highest BCUT2D eigenvalue weighted by atomic mass is 16.5. The number of likely N-dealkylation sites (tertiary alicyclic amines) is 1. The average Bonchev–Trinajstić information content (AvgIpc) is 2.80. The van der Waals surface area contributed by atoms with E-state index in [1.165, 1.54) is 0 Å². The Morgan fingerprint density at radius 2 is 1.59 bits per heavy atom. The topological polar surface area (TPSA) is 84.7 Å². The van der Waals surface area contributed by atoms with E-state index in [4.69, 9.17) is 10.5 Å². The number of piperidine rings is 1. The van der Waals surface area contributed by atoms with E-state index in [2.05, 4.69) is 10.2 Å². The van der Waals surface area contributed by atoms with Crippen LogP contribution < -0.4 is 15.8 Å². The van der Waals surface area contributed by atoms with Crippen LogP contribution in [0.5, 0.6) is 5.75 Å². The first-order valence-corrected chi connectivity index (χ1v) is 11.3. The summed E-state index contributed by atoms with van der Waals surface area (Å²) in [7, 11) is 0. The van der Waals surface area contributed by atoms with Gasteiger partial charge in [0.2, 0.25) is 0 Å². The van der Waals surface area contributed by atoms with Gasteiger partial charge in [-0.25, -0.2) is 0 Å². The molecule has 1 atom stereocenters. The lowest BCUT2D eigenvalue weighted by Gasteiger charge is -2.32. The monoisotopic (exact) mass is 437 g/mol. The van der Waals surface area contributed by atoms with Crippen LogP contribution in [0.2, 0.25) is 0 Å². The zero-order valence-corrected chi connectivity index (χ0v) is 19.8. The lowest BCUT2D eigenvalue weighted by atomic mass is 9.97. The fourth-order valence-electron chi connectivity index (χ4n) is 4.19. The van der Waals surface area contributed by atoms with Crippen LogP contribution in [0.15, 0.2) is 30.3 Å². The second kappa shape index (κ2) is 10.2. The van der Waals surface area contributed by atoms with E-state index in [-0.39, 0.29) is 17.7 Å². The molecule has 32 heavy (non-hydrogen) atoms. The summed E-state index contributed by atoms with van der Waals surface area (Å²) in [5.41, 5.74) is 11.6. The molecular formula is C26H35N3O3. The quantitative estimate of drug-likeness (QED) is 0.509. The molecule has 1 heterocycles. The molecule has 0 aromatic heterocycles. The van der Waals surface area contributed by atoms with Gasteiger partial charge in [0.25, 0.3) is 5.91 Å². The van der Waals surface area contributed by atoms with Crippen molar-refractivity contribution in [3.8, 4) is 5.75 Å². The van der Waals surface area contributed by atoms with Gasteiger partial charge < -0.3 is 15.8 Å². The van der Waals surface area contributed by atoms with E-state index >= 15 is 0 Å². The van der Waals surface area contributed by atoms with Crippen LogP contribution in [-0.2, 0) is 4.79 Å². The van der Waals surface area contributed by atoms with E-state index < -0.39 is 6.10 Å². The summed E-state index contributed by atoms with van der Waals surface area (Å²) < 4.78 is 6.10. The number of ether oxygens (including phenoxy) is 1. The molecule has 0 aliphatic carbocycles. The van der Waals surface area contributed by atoms with Crippen molar-refractivity contribution in [2.24, 2.45) is 0 Å². The molecule has 1 fully saturated rings. The Kier molecular flexibility index (Phi) is 7.56. The number of amides is 1. The number of carbonyl (C=O) groups excluding carboxylic acids is 2. The van der Waals surface area contributed by atoms with Gasteiger partial charge in [0.15, 0.2) is 11.9 Å². The third kappa shape index (κ3) is 5.30. The number of hydrogen-bond donors (Lipinski definition) is 2. The molecule has 0 bridgehead atoms. The number of nitrogens with zero attached hydrogens (tertiary/aromatic N) is 1. The highest BCUT2D eigenvalue weighted by Gasteiger charge is 2.26. The summed E-state index contributed by atoms with van der Waals surface area (Å²) in [5, 5.41) is 3.12. The van der Waals surface area contributed by atoms with Gasteiger partial charge in [0, 0.05) is 30.4 Å². The van der Waals surface area contributed by atoms with Crippen molar-refractivity contribution in [1.82, 2.24) is 10.2 Å². The minimum absolute atomic E-state index is 0.0914. The Labute approximate surface area is 191 Å². The second-order valence-electron chi connectivity index (χ2n) is 8.85. The van der Waals surface area contributed by atoms with Crippen LogP contribution in [0.1, 0.15) is 52.4 Å². The van der Waals surface area contributed by atoms with Crippen molar-refractivity contribution < 1.29 is 14.3 Å². The molecule has 3 rings (SSSR count). The Morgan fingerprint density at radius 1 is 1.03 bits per heavy atom. The highest BCUT2D eigenvalue weighted by Crippen LogP contribution is 2.34. The summed E-state index contributed by atoms with van der Waals surface area (Å²) in [4.78, 5) is 27.4. The van der Waals surface area contributed by atoms with E-state index in [0.29, 0.717) is 6.54 Å². The van der Waals surface area contributed by atoms with Gasteiger partial charge >= 0.3 is 0 Å². The van der Waals surface area contributed by atoms with Crippen molar-refractivity contribution in [2.45, 2.75) is 59.6 Å². The molecule has 1 saturated heterocycles. The van der Waals surface area contributed by atoms with E-state index in [1.807, 2.05) is 58.0 Å². The molecule has 1 aliphatic rings. The largest absolute Gasteiger partial charge is 0.480 e. The zero-order valence-electron chi connectivity index (χ0n) is 19.8. The number of nitrogen functional groups attached to an aromatic ring is 1. The molecule has 6 heteroatoms. The fraction of sp³-hybridized carbons (Fsp3) is 0.462. The van der Waals surface area contributed by atoms with Crippen LogP contribution in [-0.4, -0.2) is 48.4 Å². The lowest BCUT2D eigenvalue weighted by Crippen LogP contribution is -2.48. The predicted octanol–water partition coefficient (Wildman–Crippen LogP) is 3.73. The molecule has 0 radical (unpaired) electrons. The van der Waals surface area contributed by atoms with Gasteiger partial charge in [-0.15, -0.1) is 0 Å². The molecule has 1 aliphatic heterocycles. The van der Waals surface area contributed by atoms with Crippen LogP contribution in [0, 0.1) is 27.7 Å². The summed E-state index contributed by atoms with van der Waals surface area (Å²) >= 11 is 0. The van der Waals surface area contributed by atoms with Crippen molar-refractivity contribution in [2.75, 3.05) is 25.4 Å². The summed E-state index contributed by atoms with van der Waals surface area (Å²) in [5.74, 6) is 0.760. The van der Waals surface area contributed by atoms with Gasteiger partial charge in [-0.3, -0.25) is 14.5 Å². The number of anilines is 1. The molecule has 3 N–H and O–H groups in total. The molecule has 172 valence electrons. The Morgan fingerprint density at radius 3 is 2.16 bits per heavy atom. The van der Waals surface area contributed by atoms with E-state index in [0.717, 1.165) is 65.2 Å². The van der Waals surface area contributed by atoms with E-state index in [1.54, 1.807) is 6.92 Å². The molecule has 0 saturated carbocycles. The second-order valence-corrected chi connectivity index (χ2v) is 8.85. The Balaban J connectivity index is 1.51. The third-order valence-electron chi connectivity index (χ3n) is 6.67. The standard InChI is InChI=1S/C26H35N3O3/c1-16-18(3)25(19(4)17(2)24(16)27)32-20(5)26(31)28-22-11-13-29(14-12-22)15-23(30)21-9-7-6-8-10-21/h6-10,20,22H,11-15,27H2,1-5H3,(H,28,31). The Bertz CT molecular complexity index is 951. The van der Waals surface area contributed by atoms with Gasteiger partial charge in [0.05, 0.1) is 6.54 Å². The molecule has 0 spiro atoms. The van der Waals surface area contributed by atoms with Crippen LogP contribution in [0.25, 0.3) is 0 Å². The molecular weight excluding hydrogens is 402 g/mol. The number of nitrogens with one attached hydrogen (secondary N) is 1. The first-order chi connectivity index (χ1) is 15.2. The van der Waals surface area contributed by atoms with Crippen molar-refractivity contribution in [3.05, 3.63) is 58.1 Å². The number of ketones is 1. The van der Waals surface area contributed by atoms with Gasteiger partial charge in [0.1, 0.15) is 5.75 Å². The number of nitrogens with two attached hydrogens (primary N) is 1. The average molecular weight is 438 g/mol. The zero-order chi connectivity index (χ0) is 23.4. The summed E-state index contributed by atoms with van der Waals surface area (Å²) in [6.45, 7) is 11.7. The predicted molar refractivity (Wildman–Crippen MR) is 128 cm³/mol. The number of benzene rings is 2. The molecule has 1 amide bonds. The lowest BCUT2D eigenvalue weighted by molar-refractivity contribution is -0.128. The molecule has 2 aromatic carbocycles. The number of Topliss-reactive ketones (excluding diaryl/α,β-unsaturated/α-hetero) is 1. The first kappa shape index (κ1) is 23.8. The molecule has 2 aromatic rings. The van der Waals surface area contributed by atoms with Gasteiger partial charge in [-0.05, 0) is 69.7 Å². The number of carbonyl (C=O) groups is 2. The third-order valence-corrected chi connectivity index (χ3v) is 6.67. The van der Waals surface area contributed by atoms with Crippen LogP contribution in [0.4, 0.5) is 5.69 Å². The van der Waals surface area contributed by atoms with Crippen LogP contribution >= 0.6 is 0 Å². The summed E-state index contributed by atoms with van der Waals surface area (Å²) in [6, 6.07) is 9.47. The maximum atomic E-state index is 12.8. The van der Waals surface area contributed by atoms with Crippen molar-refractivity contribution in [3.63, 3.8) is 0 Å². The van der Waals surface area contributed by atoms with Crippen molar-refractivity contribution in [1.29, 1.82) is 0 Å². The molecule has 6 nitrogen and oxygen atoms in total. The Hall–Kier alpha value is -2.86. The van der Waals surface area contributed by atoms with Gasteiger partial charge in [-0.2, -0.15) is 0 Å². The first-order valence-electron chi connectivity index (χ1n) is 11.3. The van der Waals surface area contributed by atoms with Crippen molar-refractivity contribution >= 4 is 17.4 Å². The van der Waals surface area contributed by atoms with Crippen LogP contribution in [0.3, 0.4) is 0 Å². The van der Waals surface area contributed by atoms with E-state index in [9.17, 15) is 9.59 Å². The maximum absolute atomic E-state index is 12.8. The summed E-state index contributed by atoms with van der Waals surface area (Å²) in [6.07, 6.45) is 1.03. The SMILES string of the molecule is Cc1c(C)c(OC(C)C(=O)NC2CCN(CC(=O)c3ccccc3)CC2)c(C)c(C)c1N. The maximum Gasteiger partial charge on any atom is 0.260 e. The highest BCUT2D eigenvalue weighted by molar-refractivity contribution is 5.97.